The van der Waals surface area contributed by atoms with E-state index in [1.807, 2.05) is 0 Å². The molecule has 0 aliphatic heterocycles. The highest BCUT2D eigenvalue weighted by atomic mass is 15.3. The van der Waals surface area contributed by atoms with Gasteiger partial charge in [-0.1, -0.05) is 6.92 Å². The van der Waals surface area contributed by atoms with Crippen LogP contribution in [-0.2, 0) is 12.1 Å². The molecule has 1 heterocycles. The molecule has 4 aliphatic carbocycles. The van der Waals surface area contributed by atoms with Gasteiger partial charge in [0.15, 0.2) is 0 Å². The summed E-state index contributed by atoms with van der Waals surface area (Å²) in [4.78, 5) is 0. The van der Waals surface area contributed by atoms with Crippen LogP contribution in [0.3, 0.4) is 0 Å². The fourth-order valence-corrected chi connectivity index (χ4v) is 5.32. The molecule has 1 aromatic rings. The standard InChI is InChI=1S/C16H25N3/c1-2-17-11-15-3-4-19(18-15)16-8-12-5-13(9-16)7-14(6-12)10-16/h3-4,12-14,17H,2,5-11H2,1H3. The van der Waals surface area contributed by atoms with Crippen molar-refractivity contribution in [3.63, 3.8) is 0 Å². The first-order valence-corrected chi connectivity index (χ1v) is 8.03. The summed E-state index contributed by atoms with van der Waals surface area (Å²) in [5, 5.41) is 8.27. The molecule has 5 rings (SSSR count). The van der Waals surface area contributed by atoms with Crippen LogP contribution in [0.5, 0.6) is 0 Å². The van der Waals surface area contributed by atoms with E-state index in [1.165, 1.54) is 44.2 Å². The minimum Gasteiger partial charge on any atom is -0.311 e. The minimum atomic E-state index is 0.388. The van der Waals surface area contributed by atoms with Crippen molar-refractivity contribution in [3.05, 3.63) is 18.0 Å². The summed E-state index contributed by atoms with van der Waals surface area (Å²) in [5.41, 5.74) is 1.59. The van der Waals surface area contributed by atoms with Gasteiger partial charge in [-0.05, 0) is 68.9 Å². The predicted molar refractivity (Wildman–Crippen MR) is 75.8 cm³/mol. The highest BCUT2D eigenvalue weighted by molar-refractivity contribution is 5.08. The molecule has 4 bridgehead atoms. The SMILES string of the molecule is CCNCc1ccn(C23CC4CC(CC(C4)C2)C3)n1. The van der Waals surface area contributed by atoms with Gasteiger partial charge in [-0.3, -0.25) is 4.68 Å². The van der Waals surface area contributed by atoms with Crippen molar-refractivity contribution in [2.75, 3.05) is 6.54 Å². The summed E-state index contributed by atoms with van der Waals surface area (Å²) in [6, 6.07) is 2.21. The van der Waals surface area contributed by atoms with Gasteiger partial charge < -0.3 is 5.32 Å². The Morgan fingerprint density at radius 2 is 1.84 bits per heavy atom. The third-order valence-corrected chi connectivity index (χ3v) is 5.69. The van der Waals surface area contributed by atoms with Gasteiger partial charge in [0.1, 0.15) is 0 Å². The number of hydrogen-bond acceptors (Lipinski definition) is 2. The average Bonchev–Trinajstić information content (AvgIpc) is 2.84. The molecule has 4 aliphatic rings. The molecular weight excluding hydrogens is 234 g/mol. The second kappa shape index (κ2) is 4.34. The zero-order valence-corrected chi connectivity index (χ0v) is 11.9. The van der Waals surface area contributed by atoms with E-state index >= 15 is 0 Å². The lowest BCUT2D eigenvalue weighted by Gasteiger charge is -2.56. The van der Waals surface area contributed by atoms with Crippen LogP contribution in [0.4, 0.5) is 0 Å². The van der Waals surface area contributed by atoms with Crippen LogP contribution in [0, 0.1) is 17.8 Å². The number of hydrogen-bond donors (Lipinski definition) is 1. The zero-order chi connectivity index (χ0) is 12.9. The molecule has 19 heavy (non-hydrogen) atoms. The maximum absolute atomic E-state index is 4.89. The zero-order valence-electron chi connectivity index (χ0n) is 11.9. The Labute approximate surface area is 115 Å². The van der Waals surface area contributed by atoms with Crippen LogP contribution in [0.2, 0.25) is 0 Å². The van der Waals surface area contributed by atoms with Crippen molar-refractivity contribution in [2.24, 2.45) is 17.8 Å². The molecule has 3 heteroatoms. The van der Waals surface area contributed by atoms with Gasteiger partial charge in [-0.25, -0.2) is 0 Å². The van der Waals surface area contributed by atoms with Gasteiger partial charge in [0.2, 0.25) is 0 Å². The van der Waals surface area contributed by atoms with E-state index < -0.39 is 0 Å². The van der Waals surface area contributed by atoms with E-state index in [4.69, 9.17) is 5.10 Å². The van der Waals surface area contributed by atoms with Crippen LogP contribution >= 0.6 is 0 Å². The fourth-order valence-electron chi connectivity index (χ4n) is 5.32. The summed E-state index contributed by atoms with van der Waals surface area (Å²) < 4.78 is 2.35. The third kappa shape index (κ3) is 1.94. The van der Waals surface area contributed by atoms with Crippen molar-refractivity contribution in [1.29, 1.82) is 0 Å². The summed E-state index contributed by atoms with van der Waals surface area (Å²) >= 11 is 0. The maximum atomic E-state index is 4.89. The van der Waals surface area contributed by atoms with Gasteiger partial charge in [-0.2, -0.15) is 5.10 Å². The van der Waals surface area contributed by atoms with Crippen molar-refractivity contribution in [1.82, 2.24) is 15.1 Å². The van der Waals surface area contributed by atoms with Gasteiger partial charge in [0, 0.05) is 12.7 Å². The van der Waals surface area contributed by atoms with E-state index in [0.29, 0.717) is 5.54 Å². The summed E-state index contributed by atoms with van der Waals surface area (Å²) in [6.45, 7) is 4.08. The molecule has 0 atom stereocenters. The molecule has 104 valence electrons. The summed E-state index contributed by atoms with van der Waals surface area (Å²) in [5.74, 6) is 2.98. The van der Waals surface area contributed by atoms with Gasteiger partial charge in [0.25, 0.3) is 0 Å². The number of nitrogens with zero attached hydrogens (tertiary/aromatic N) is 2. The molecule has 4 fully saturated rings. The van der Waals surface area contributed by atoms with Gasteiger partial charge in [0.05, 0.1) is 11.2 Å². The lowest BCUT2D eigenvalue weighted by Crippen LogP contribution is -2.52. The maximum Gasteiger partial charge on any atom is 0.0762 e. The molecule has 1 N–H and O–H groups in total. The van der Waals surface area contributed by atoms with E-state index in [0.717, 1.165) is 30.8 Å². The predicted octanol–water partition coefficient (Wildman–Crippen LogP) is 2.92. The van der Waals surface area contributed by atoms with Crippen LogP contribution in [0.25, 0.3) is 0 Å². The minimum absolute atomic E-state index is 0.388. The van der Waals surface area contributed by atoms with Crippen molar-refractivity contribution < 1.29 is 0 Å². The molecule has 3 nitrogen and oxygen atoms in total. The summed E-state index contributed by atoms with van der Waals surface area (Å²) in [7, 11) is 0. The molecule has 0 amide bonds. The van der Waals surface area contributed by atoms with Crippen LogP contribution < -0.4 is 5.32 Å². The van der Waals surface area contributed by atoms with E-state index in [2.05, 4.69) is 29.2 Å². The smallest absolute Gasteiger partial charge is 0.0762 e. The molecule has 0 aromatic carbocycles. The van der Waals surface area contributed by atoms with Crippen molar-refractivity contribution >= 4 is 0 Å². The molecule has 0 unspecified atom stereocenters. The third-order valence-electron chi connectivity index (χ3n) is 5.69. The Balaban J connectivity index is 1.59. The molecule has 0 spiro atoms. The Morgan fingerprint density at radius 3 is 2.42 bits per heavy atom. The lowest BCUT2D eigenvalue weighted by atomic mass is 9.53. The molecular formula is C16H25N3. The molecule has 1 aromatic heterocycles. The highest BCUT2D eigenvalue weighted by Gasteiger charge is 2.52. The Bertz CT molecular complexity index is 427. The van der Waals surface area contributed by atoms with Crippen molar-refractivity contribution in [3.8, 4) is 0 Å². The first kappa shape index (κ1) is 12.0. The van der Waals surface area contributed by atoms with E-state index in [1.54, 1.807) is 0 Å². The monoisotopic (exact) mass is 259 g/mol. The highest BCUT2D eigenvalue weighted by Crippen LogP contribution is 2.58. The second-order valence-electron chi connectivity index (χ2n) is 7.17. The molecule has 4 saturated carbocycles. The summed E-state index contributed by atoms with van der Waals surface area (Å²) in [6.07, 6.45) is 10.9. The van der Waals surface area contributed by atoms with Crippen molar-refractivity contribution in [2.45, 2.75) is 57.5 Å². The van der Waals surface area contributed by atoms with Crippen LogP contribution in [0.15, 0.2) is 12.3 Å². The number of nitrogens with one attached hydrogen (secondary N) is 1. The second-order valence-corrected chi connectivity index (χ2v) is 7.17. The lowest BCUT2D eigenvalue weighted by molar-refractivity contribution is -0.0495. The largest absolute Gasteiger partial charge is 0.311 e. The van der Waals surface area contributed by atoms with Crippen LogP contribution in [-0.4, -0.2) is 16.3 Å². The Morgan fingerprint density at radius 1 is 1.21 bits per heavy atom. The number of rotatable bonds is 4. The Hall–Kier alpha value is -0.830. The molecule has 0 radical (unpaired) electrons. The van der Waals surface area contributed by atoms with E-state index in [-0.39, 0.29) is 0 Å². The van der Waals surface area contributed by atoms with Crippen LogP contribution in [0.1, 0.15) is 51.1 Å². The fraction of sp³-hybridized carbons (Fsp3) is 0.812. The van der Waals surface area contributed by atoms with Gasteiger partial charge in [-0.15, -0.1) is 0 Å². The normalized spacial score (nSPS) is 39.9. The topological polar surface area (TPSA) is 29.9 Å². The average molecular weight is 259 g/mol. The molecule has 0 saturated heterocycles. The number of aromatic nitrogens is 2. The first-order valence-electron chi connectivity index (χ1n) is 8.03. The Kier molecular flexibility index (Phi) is 2.73. The quantitative estimate of drug-likeness (QED) is 0.901. The first-order chi connectivity index (χ1) is 9.27. The van der Waals surface area contributed by atoms with E-state index in [9.17, 15) is 0 Å². The van der Waals surface area contributed by atoms with Gasteiger partial charge >= 0.3 is 0 Å².